The molecular weight excluding hydrogens is 365 g/mol. The van der Waals surface area contributed by atoms with E-state index in [4.69, 9.17) is 10.00 Å². The molecule has 7 nitrogen and oxygen atoms in total. The number of benzene rings is 2. The number of carbonyl (C=O) groups excluding carboxylic acids is 3. The topological polar surface area (TPSA) is 99.5 Å². The lowest BCUT2D eigenvalue weighted by Gasteiger charge is -2.22. The van der Waals surface area contributed by atoms with Gasteiger partial charge in [-0.15, -0.1) is 0 Å². The zero-order valence-corrected chi connectivity index (χ0v) is 15.2. The van der Waals surface area contributed by atoms with Crippen molar-refractivity contribution in [2.75, 3.05) is 13.7 Å². The third-order valence-corrected chi connectivity index (χ3v) is 4.63. The minimum atomic E-state index is -1.38. The van der Waals surface area contributed by atoms with E-state index in [-0.39, 0.29) is 11.3 Å². The summed E-state index contributed by atoms with van der Waals surface area (Å²) in [6.45, 7) is 0.957. The van der Waals surface area contributed by atoms with Crippen molar-refractivity contribution in [3.63, 3.8) is 0 Å². The highest BCUT2D eigenvalue weighted by atomic mass is 19.1. The fourth-order valence-electron chi connectivity index (χ4n) is 3.04. The minimum Gasteiger partial charge on any atom is -0.496 e. The number of ether oxygens (including phenoxy) is 1. The lowest BCUT2D eigenvalue weighted by Crippen LogP contribution is -2.41. The van der Waals surface area contributed by atoms with Crippen LogP contribution in [0.15, 0.2) is 42.5 Å². The maximum absolute atomic E-state index is 13.5. The predicted octanol–water partition coefficient (Wildman–Crippen LogP) is 2.36. The number of nitrogens with zero attached hydrogens (tertiary/aromatic N) is 2. The smallest absolute Gasteiger partial charge is 0.325 e. The highest BCUT2D eigenvalue weighted by molar-refractivity contribution is 6.11. The van der Waals surface area contributed by atoms with Crippen molar-refractivity contribution in [3.05, 3.63) is 65.0 Å². The van der Waals surface area contributed by atoms with E-state index in [1.54, 1.807) is 12.1 Å². The van der Waals surface area contributed by atoms with Crippen molar-refractivity contribution in [2.45, 2.75) is 12.5 Å². The van der Waals surface area contributed by atoms with Crippen LogP contribution in [0.2, 0.25) is 0 Å². The Morgan fingerprint density at radius 2 is 1.93 bits per heavy atom. The highest BCUT2D eigenvalue weighted by Gasteiger charge is 2.49. The number of hydrogen-bond acceptors (Lipinski definition) is 5. The second-order valence-corrected chi connectivity index (χ2v) is 6.40. The number of carbonyl (C=O) groups is 3. The largest absolute Gasteiger partial charge is 0.496 e. The molecule has 2 aromatic carbocycles. The quantitative estimate of drug-likeness (QED) is 0.633. The van der Waals surface area contributed by atoms with E-state index in [1.807, 2.05) is 6.07 Å². The van der Waals surface area contributed by atoms with Crippen molar-refractivity contribution in [3.8, 4) is 11.8 Å². The van der Waals surface area contributed by atoms with Crippen LogP contribution >= 0.6 is 0 Å². The summed E-state index contributed by atoms with van der Waals surface area (Å²) in [7, 11) is 1.33. The van der Waals surface area contributed by atoms with E-state index in [0.29, 0.717) is 11.1 Å². The fraction of sp³-hybridized carbons (Fsp3) is 0.200. The number of hydrogen-bond donors (Lipinski definition) is 1. The summed E-state index contributed by atoms with van der Waals surface area (Å²) >= 11 is 0. The maximum atomic E-state index is 13.5. The number of urea groups is 1. The first-order chi connectivity index (χ1) is 13.3. The third-order valence-electron chi connectivity index (χ3n) is 4.63. The molecule has 3 rings (SSSR count). The Morgan fingerprint density at radius 3 is 2.54 bits per heavy atom. The number of halogens is 1. The van der Waals surface area contributed by atoms with Gasteiger partial charge in [-0.1, -0.05) is 12.1 Å². The molecule has 8 heteroatoms. The van der Waals surface area contributed by atoms with Crippen LogP contribution in [0.5, 0.6) is 5.75 Å². The number of imide groups is 1. The van der Waals surface area contributed by atoms with Gasteiger partial charge in [0.15, 0.2) is 5.78 Å². The molecule has 0 spiro atoms. The normalized spacial score (nSPS) is 18.6. The average Bonchev–Trinajstić information content (AvgIpc) is 2.92. The summed E-state index contributed by atoms with van der Waals surface area (Å²) in [4.78, 5) is 38.7. The molecule has 1 aliphatic rings. The molecule has 1 saturated heterocycles. The minimum absolute atomic E-state index is 0.0601. The Balaban J connectivity index is 1.87. The van der Waals surface area contributed by atoms with Crippen LogP contribution in [0.1, 0.15) is 28.4 Å². The van der Waals surface area contributed by atoms with E-state index in [1.165, 1.54) is 32.2 Å². The van der Waals surface area contributed by atoms with Crippen LogP contribution in [0, 0.1) is 17.1 Å². The number of rotatable bonds is 5. The van der Waals surface area contributed by atoms with Gasteiger partial charge in [0.2, 0.25) is 0 Å². The second-order valence-electron chi connectivity index (χ2n) is 6.40. The van der Waals surface area contributed by atoms with Crippen molar-refractivity contribution in [2.24, 2.45) is 0 Å². The SMILES string of the molecule is COc1ccc(F)cc1C(=O)CN1C(=O)NC(C)(c2ccc(C#N)cc2)C1=O. The van der Waals surface area contributed by atoms with Crippen LogP contribution in [-0.4, -0.2) is 36.3 Å². The molecule has 1 unspecified atom stereocenters. The summed E-state index contributed by atoms with van der Waals surface area (Å²) in [5, 5.41) is 11.5. The molecule has 142 valence electrons. The van der Waals surface area contributed by atoms with E-state index in [2.05, 4.69) is 5.32 Å². The molecule has 2 aromatic rings. The van der Waals surface area contributed by atoms with Gasteiger partial charge in [-0.25, -0.2) is 9.18 Å². The highest BCUT2D eigenvalue weighted by Crippen LogP contribution is 2.29. The Morgan fingerprint density at radius 1 is 1.25 bits per heavy atom. The molecule has 0 saturated carbocycles. The number of nitriles is 1. The Bertz CT molecular complexity index is 1010. The van der Waals surface area contributed by atoms with E-state index in [9.17, 15) is 18.8 Å². The molecule has 1 fully saturated rings. The van der Waals surface area contributed by atoms with Gasteiger partial charge in [-0.2, -0.15) is 5.26 Å². The van der Waals surface area contributed by atoms with Crippen LogP contribution in [0.3, 0.4) is 0 Å². The molecule has 0 aromatic heterocycles. The van der Waals surface area contributed by atoms with Crippen LogP contribution in [-0.2, 0) is 10.3 Å². The molecule has 28 heavy (non-hydrogen) atoms. The zero-order chi connectivity index (χ0) is 20.5. The van der Waals surface area contributed by atoms with Gasteiger partial charge in [-0.3, -0.25) is 14.5 Å². The maximum Gasteiger partial charge on any atom is 0.325 e. The molecule has 3 amide bonds. The molecule has 1 aliphatic heterocycles. The first kappa shape index (κ1) is 19.0. The molecule has 1 N–H and O–H groups in total. The standard InChI is InChI=1S/C20H16FN3O4/c1-20(13-5-3-12(10-22)4-6-13)18(26)24(19(27)23-20)11-16(25)15-9-14(21)7-8-17(15)28-2/h3-9H,11H2,1-2H3,(H,23,27). The number of ketones is 1. The monoisotopic (exact) mass is 381 g/mol. The fourth-order valence-corrected chi connectivity index (χ4v) is 3.04. The number of methoxy groups -OCH3 is 1. The van der Waals surface area contributed by atoms with Gasteiger partial charge < -0.3 is 10.1 Å². The van der Waals surface area contributed by atoms with E-state index >= 15 is 0 Å². The van der Waals surface area contributed by atoms with Crippen molar-refractivity contribution in [1.29, 1.82) is 5.26 Å². The van der Waals surface area contributed by atoms with Crippen LogP contribution < -0.4 is 10.1 Å². The molecular formula is C20H16FN3O4. The van der Waals surface area contributed by atoms with Gasteiger partial charge >= 0.3 is 6.03 Å². The van der Waals surface area contributed by atoms with Gasteiger partial charge in [0.05, 0.1) is 30.9 Å². The van der Waals surface area contributed by atoms with Crippen molar-refractivity contribution < 1.29 is 23.5 Å². The summed E-state index contributed by atoms with van der Waals surface area (Å²) in [5.74, 6) is -1.74. The van der Waals surface area contributed by atoms with Gasteiger partial charge in [0.25, 0.3) is 5.91 Å². The molecule has 0 bridgehead atoms. The van der Waals surface area contributed by atoms with E-state index < -0.39 is 35.6 Å². The lowest BCUT2D eigenvalue weighted by molar-refractivity contribution is -0.130. The Kier molecular flexibility index (Phi) is 4.84. The predicted molar refractivity (Wildman–Crippen MR) is 96.0 cm³/mol. The van der Waals surface area contributed by atoms with Gasteiger partial charge in [0.1, 0.15) is 17.1 Å². The number of amides is 3. The molecule has 1 heterocycles. The summed E-state index contributed by atoms with van der Waals surface area (Å²) in [5.41, 5.74) is -0.551. The Labute approximate surface area is 160 Å². The first-order valence-electron chi connectivity index (χ1n) is 8.31. The molecule has 0 aliphatic carbocycles. The van der Waals surface area contributed by atoms with Crippen molar-refractivity contribution >= 4 is 17.7 Å². The van der Waals surface area contributed by atoms with E-state index in [0.717, 1.165) is 17.0 Å². The van der Waals surface area contributed by atoms with Gasteiger partial charge in [-0.05, 0) is 42.8 Å². The van der Waals surface area contributed by atoms with Gasteiger partial charge in [0, 0.05) is 0 Å². The summed E-state index contributed by atoms with van der Waals surface area (Å²) in [6, 6.07) is 10.9. The first-order valence-corrected chi connectivity index (χ1v) is 8.31. The number of nitrogens with one attached hydrogen (secondary N) is 1. The lowest BCUT2D eigenvalue weighted by atomic mass is 9.91. The zero-order valence-electron chi connectivity index (χ0n) is 15.2. The number of Topliss-reactive ketones (excluding diaryl/α,β-unsaturated/α-hetero) is 1. The second kappa shape index (κ2) is 7.12. The van der Waals surface area contributed by atoms with Crippen LogP contribution in [0.25, 0.3) is 0 Å². The summed E-state index contributed by atoms with van der Waals surface area (Å²) in [6.07, 6.45) is 0. The average molecular weight is 381 g/mol. The summed E-state index contributed by atoms with van der Waals surface area (Å²) < 4.78 is 18.6. The Hall–Kier alpha value is -3.73. The van der Waals surface area contributed by atoms with Crippen LogP contribution in [0.4, 0.5) is 9.18 Å². The third kappa shape index (κ3) is 3.18. The molecule has 0 radical (unpaired) electrons. The molecule has 1 atom stereocenters. The van der Waals surface area contributed by atoms with Crippen molar-refractivity contribution in [1.82, 2.24) is 10.2 Å².